The highest BCUT2D eigenvalue weighted by Crippen LogP contribution is 2.18. The first kappa shape index (κ1) is 14.9. The van der Waals surface area contributed by atoms with Crippen LogP contribution in [-0.2, 0) is 11.3 Å². The number of fused-ring (bicyclic) bond motifs is 1. The van der Waals surface area contributed by atoms with E-state index >= 15 is 0 Å². The lowest BCUT2D eigenvalue weighted by atomic mass is 10.3. The van der Waals surface area contributed by atoms with Gasteiger partial charge in [0.1, 0.15) is 12.4 Å². The van der Waals surface area contributed by atoms with Gasteiger partial charge in [0.2, 0.25) is 5.91 Å². The summed E-state index contributed by atoms with van der Waals surface area (Å²) in [6.07, 6.45) is 0. The van der Waals surface area contributed by atoms with Crippen molar-refractivity contribution in [3.63, 3.8) is 0 Å². The number of carbonyl (C=O) groups excluding carboxylic acids is 1. The molecule has 4 nitrogen and oxygen atoms in total. The maximum atomic E-state index is 13.2. The number of benzene rings is 2. The highest BCUT2D eigenvalue weighted by atomic mass is 79.9. The van der Waals surface area contributed by atoms with Crippen LogP contribution < -0.4 is 10.9 Å². The Bertz CT molecular complexity index is 902. The van der Waals surface area contributed by atoms with Crippen molar-refractivity contribution in [2.24, 2.45) is 0 Å². The van der Waals surface area contributed by atoms with Gasteiger partial charge >= 0.3 is 0 Å². The Hall–Kier alpha value is -1.99. The van der Waals surface area contributed by atoms with Crippen LogP contribution in [0.1, 0.15) is 0 Å². The number of amides is 1. The minimum absolute atomic E-state index is 0.101. The van der Waals surface area contributed by atoms with Gasteiger partial charge in [0.25, 0.3) is 5.56 Å². The fraction of sp³-hybridized carbons (Fsp3) is 0.0667. The van der Waals surface area contributed by atoms with Gasteiger partial charge in [0.15, 0.2) is 0 Å². The van der Waals surface area contributed by atoms with Crippen LogP contribution in [0.5, 0.6) is 0 Å². The Morgan fingerprint density at radius 2 is 1.95 bits per heavy atom. The van der Waals surface area contributed by atoms with E-state index in [1.165, 1.54) is 22.2 Å². The SMILES string of the molecule is O=C(Cn1sc2cc(F)ccc2c1=O)Nc1ccc(Br)cc1. The molecule has 0 radical (unpaired) electrons. The van der Waals surface area contributed by atoms with Crippen molar-refractivity contribution in [3.8, 4) is 0 Å². The molecule has 0 aliphatic heterocycles. The van der Waals surface area contributed by atoms with Crippen molar-refractivity contribution in [2.75, 3.05) is 5.32 Å². The average Bonchev–Trinajstić information content (AvgIpc) is 2.77. The van der Waals surface area contributed by atoms with E-state index in [-0.39, 0.29) is 18.0 Å². The number of aromatic nitrogens is 1. The van der Waals surface area contributed by atoms with Gasteiger partial charge in [-0.05, 0) is 42.5 Å². The number of halogens is 2. The fourth-order valence-electron chi connectivity index (χ4n) is 2.01. The Morgan fingerprint density at radius 3 is 2.68 bits per heavy atom. The van der Waals surface area contributed by atoms with Crippen molar-refractivity contribution >= 4 is 49.1 Å². The fourth-order valence-corrected chi connectivity index (χ4v) is 3.29. The predicted octanol–water partition coefficient (Wildman–Crippen LogP) is 3.60. The van der Waals surface area contributed by atoms with E-state index in [1.54, 1.807) is 12.1 Å². The summed E-state index contributed by atoms with van der Waals surface area (Å²) in [4.78, 5) is 24.1. The van der Waals surface area contributed by atoms with Gasteiger partial charge in [-0.3, -0.25) is 13.5 Å². The van der Waals surface area contributed by atoms with Gasteiger partial charge in [-0.1, -0.05) is 27.5 Å². The van der Waals surface area contributed by atoms with Crippen molar-refractivity contribution in [3.05, 3.63) is 63.1 Å². The average molecular weight is 381 g/mol. The Balaban J connectivity index is 1.80. The molecule has 0 saturated carbocycles. The molecule has 0 fully saturated rings. The first-order valence-electron chi connectivity index (χ1n) is 6.38. The standard InChI is InChI=1S/C15H10BrFN2O2S/c16-9-1-4-11(5-2-9)18-14(20)8-19-15(21)12-6-3-10(17)7-13(12)22-19/h1-7H,8H2,(H,18,20). The topological polar surface area (TPSA) is 51.1 Å². The second-order valence-corrected chi connectivity index (χ2v) is 6.61. The molecule has 0 aliphatic carbocycles. The van der Waals surface area contributed by atoms with E-state index in [4.69, 9.17) is 0 Å². The second kappa shape index (κ2) is 6.02. The number of hydrogen-bond donors (Lipinski definition) is 1. The highest BCUT2D eigenvalue weighted by molar-refractivity contribution is 9.10. The molecule has 3 aromatic rings. The third-order valence-electron chi connectivity index (χ3n) is 3.02. The summed E-state index contributed by atoms with van der Waals surface area (Å²) in [6.45, 7) is -0.101. The number of carbonyl (C=O) groups is 1. The van der Waals surface area contributed by atoms with E-state index in [9.17, 15) is 14.0 Å². The van der Waals surface area contributed by atoms with Crippen molar-refractivity contribution in [1.82, 2.24) is 3.96 Å². The number of nitrogens with zero attached hydrogens (tertiary/aromatic N) is 1. The van der Waals surface area contributed by atoms with Crippen LogP contribution in [-0.4, -0.2) is 9.86 Å². The third-order valence-corrected chi connectivity index (χ3v) is 4.60. The molecular formula is C15H10BrFN2O2S. The van der Waals surface area contributed by atoms with Gasteiger partial charge in [-0.15, -0.1) is 0 Å². The predicted molar refractivity (Wildman–Crippen MR) is 88.8 cm³/mol. The summed E-state index contributed by atoms with van der Waals surface area (Å²) in [7, 11) is 0. The Kier molecular flexibility index (Phi) is 4.08. The van der Waals surface area contributed by atoms with Crippen molar-refractivity contribution in [2.45, 2.75) is 6.54 Å². The maximum Gasteiger partial charge on any atom is 0.269 e. The lowest BCUT2D eigenvalue weighted by molar-refractivity contribution is -0.116. The monoisotopic (exact) mass is 380 g/mol. The van der Waals surface area contributed by atoms with E-state index in [2.05, 4.69) is 21.2 Å². The van der Waals surface area contributed by atoms with Gasteiger partial charge < -0.3 is 5.32 Å². The van der Waals surface area contributed by atoms with E-state index in [0.717, 1.165) is 16.0 Å². The Labute approximate surface area is 137 Å². The van der Waals surface area contributed by atoms with Gasteiger partial charge in [-0.2, -0.15) is 0 Å². The first-order chi connectivity index (χ1) is 10.5. The lowest BCUT2D eigenvalue weighted by Crippen LogP contribution is -2.23. The number of nitrogens with one attached hydrogen (secondary N) is 1. The molecule has 7 heteroatoms. The van der Waals surface area contributed by atoms with Crippen LogP contribution in [0.4, 0.5) is 10.1 Å². The van der Waals surface area contributed by atoms with E-state index in [1.807, 2.05) is 12.1 Å². The second-order valence-electron chi connectivity index (χ2n) is 4.63. The molecular weight excluding hydrogens is 371 g/mol. The van der Waals surface area contributed by atoms with Crippen LogP contribution in [0.15, 0.2) is 51.7 Å². The molecule has 3 rings (SSSR count). The molecule has 2 aromatic carbocycles. The summed E-state index contributed by atoms with van der Waals surface area (Å²) in [5.41, 5.74) is 0.361. The summed E-state index contributed by atoms with van der Waals surface area (Å²) >= 11 is 4.39. The quantitative estimate of drug-likeness (QED) is 0.754. The van der Waals surface area contributed by atoms with Crippen LogP contribution in [0.3, 0.4) is 0 Å². The number of hydrogen-bond acceptors (Lipinski definition) is 3. The number of rotatable bonds is 3. The summed E-state index contributed by atoms with van der Waals surface area (Å²) in [6, 6.07) is 11.1. The molecule has 1 heterocycles. The zero-order valence-electron chi connectivity index (χ0n) is 11.2. The van der Waals surface area contributed by atoms with Crippen LogP contribution in [0.25, 0.3) is 10.1 Å². The largest absolute Gasteiger partial charge is 0.325 e. The van der Waals surface area contributed by atoms with Gasteiger partial charge in [0, 0.05) is 10.2 Å². The maximum absolute atomic E-state index is 13.2. The van der Waals surface area contributed by atoms with Crippen LogP contribution in [0, 0.1) is 5.82 Å². The third kappa shape index (κ3) is 3.10. The minimum Gasteiger partial charge on any atom is -0.325 e. The van der Waals surface area contributed by atoms with Crippen molar-refractivity contribution in [1.29, 1.82) is 0 Å². The molecule has 0 spiro atoms. The molecule has 0 aliphatic rings. The lowest BCUT2D eigenvalue weighted by Gasteiger charge is -2.04. The smallest absolute Gasteiger partial charge is 0.269 e. The number of anilines is 1. The van der Waals surface area contributed by atoms with Crippen LogP contribution in [0.2, 0.25) is 0 Å². The van der Waals surface area contributed by atoms with Gasteiger partial charge in [-0.25, -0.2) is 4.39 Å². The first-order valence-corrected chi connectivity index (χ1v) is 7.94. The molecule has 0 bridgehead atoms. The molecule has 1 N–H and O–H groups in total. The van der Waals surface area contributed by atoms with E-state index < -0.39 is 5.82 Å². The summed E-state index contributed by atoms with van der Waals surface area (Å²) < 4.78 is 15.9. The Morgan fingerprint density at radius 1 is 1.23 bits per heavy atom. The van der Waals surface area contributed by atoms with Crippen molar-refractivity contribution < 1.29 is 9.18 Å². The molecule has 1 amide bonds. The molecule has 0 atom stereocenters. The zero-order chi connectivity index (χ0) is 15.7. The highest BCUT2D eigenvalue weighted by Gasteiger charge is 2.11. The molecule has 112 valence electrons. The normalized spacial score (nSPS) is 10.8. The zero-order valence-corrected chi connectivity index (χ0v) is 13.6. The van der Waals surface area contributed by atoms with Crippen LogP contribution >= 0.6 is 27.5 Å². The molecule has 0 unspecified atom stereocenters. The molecule has 0 saturated heterocycles. The summed E-state index contributed by atoms with van der Waals surface area (Å²) in [5.74, 6) is -0.711. The summed E-state index contributed by atoms with van der Waals surface area (Å²) in [5, 5.41) is 3.13. The minimum atomic E-state index is -0.403. The molecule has 1 aromatic heterocycles. The van der Waals surface area contributed by atoms with Gasteiger partial charge in [0.05, 0.1) is 10.1 Å². The van der Waals surface area contributed by atoms with E-state index in [0.29, 0.717) is 15.8 Å². The molecule has 22 heavy (non-hydrogen) atoms.